The lowest BCUT2D eigenvalue weighted by Gasteiger charge is -2.37. The molecule has 0 spiro atoms. The van der Waals surface area contributed by atoms with Crippen molar-refractivity contribution in [3.05, 3.63) is 23.8 Å². The first-order chi connectivity index (χ1) is 11.1. The Bertz CT molecular complexity index is 615. The molecule has 0 radical (unpaired) electrons. The van der Waals surface area contributed by atoms with Gasteiger partial charge >= 0.3 is 0 Å². The van der Waals surface area contributed by atoms with Gasteiger partial charge in [-0.2, -0.15) is 0 Å². The van der Waals surface area contributed by atoms with Crippen molar-refractivity contribution in [2.75, 3.05) is 26.3 Å². The fourth-order valence-corrected chi connectivity index (χ4v) is 3.10. The summed E-state index contributed by atoms with van der Waals surface area (Å²) in [6, 6.07) is 5.16. The fraction of sp³-hybridized carbons (Fsp3) is 0.529. The van der Waals surface area contributed by atoms with Crippen molar-refractivity contribution in [1.82, 2.24) is 10.2 Å². The smallest absolute Gasteiger partial charge is 0.243 e. The van der Waals surface area contributed by atoms with Crippen LogP contribution in [0.15, 0.2) is 18.2 Å². The molecule has 1 unspecified atom stereocenters. The lowest BCUT2D eigenvalue weighted by Crippen LogP contribution is -2.59. The Hall–Kier alpha value is -2.24. The number of carbonyl (C=O) groups excluding carboxylic acids is 2. The summed E-state index contributed by atoms with van der Waals surface area (Å²) in [4.78, 5) is 26.4. The molecule has 2 amide bonds. The van der Waals surface area contributed by atoms with Crippen LogP contribution in [0.1, 0.15) is 19.4 Å². The standard InChI is InChI=1S/C17H22N2O4/c1-11(2)16-17(21)18-5-6-19(16)15(20)10-12-3-4-13-14(9-12)23-8-7-22-13/h3-4,9,11,16H,5-8,10H2,1-2H3,(H,18,21). The van der Waals surface area contributed by atoms with Crippen LogP contribution >= 0.6 is 0 Å². The molecular weight excluding hydrogens is 296 g/mol. The molecule has 1 N–H and O–H groups in total. The number of nitrogens with one attached hydrogen (secondary N) is 1. The van der Waals surface area contributed by atoms with Crippen LogP contribution in [0, 0.1) is 5.92 Å². The largest absolute Gasteiger partial charge is 0.486 e. The molecule has 0 saturated carbocycles. The second-order valence-corrected chi connectivity index (χ2v) is 6.22. The summed E-state index contributed by atoms with van der Waals surface area (Å²) in [6.45, 7) is 6.04. The number of fused-ring (bicyclic) bond motifs is 1. The molecular formula is C17H22N2O4. The highest BCUT2D eigenvalue weighted by atomic mass is 16.6. The van der Waals surface area contributed by atoms with Crippen LogP contribution in [0.3, 0.4) is 0 Å². The number of rotatable bonds is 3. The predicted molar refractivity (Wildman–Crippen MR) is 84.5 cm³/mol. The highest BCUT2D eigenvalue weighted by molar-refractivity contribution is 5.89. The molecule has 23 heavy (non-hydrogen) atoms. The molecule has 2 aliphatic rings. The average Bonchev–Trinajstić information content (AvgIpc) is 2.54. The Morgan fingerprint density at radius 3 is 2.78 bits per heavy atom. The lowest BCUT2D eigenvalue weighted by atomic mass is 9.98. The van der Waals surface area contributed by atoms with Crippen LogP contribution in [0.2, 0.25) is 0 Å². The minimum Gasteiger partial charge on any atom is -0.486 e. The second kappa shape index (κ2) is 6.48. The van der Waals surface area contributed by atoms with Gasteiger partial charge in [0.2, 0.25) is 11.8 Å². The van der Waals surface area contributed by atoms with E-state index in [0.29, 0.717) is 37.8 Å². The van der Waals surface area contributed by atoms with Crippen LogP contribution in [0.25, 0.3) is 0 Å². The van der Waals surface area contributed by atoms with E-state index in [1.165, 1.54) is 0 Å². The SMILES string of the molecule is CC(C)C1C(=O)NCCN1C(=O)Cc1ccc2c(c1)OCCO2. The number of benzene rings is 1. The minimum atomic E-state index is -0.395. The molecule has 2 heterocycles. The van der Waals surface area contributed by atoms with Crippen LogP contribution in [0.5, 0.6) is 11.5 Å². The predicted octanol–water partition coefficient (Wildman–Crippen LogP) is 0.983. The summed E-state index contributed by atoms with van der Waals surface area (Å²) >= 11 is 0. The maximum atomic E-state index is 12.7. The van der Waals surface area contributed by atoms with Crippen molar-refractivity contribution in [2.24, 2.45) is 5.92 Å². The molecule has 3 rings (SSSR count). The Balaban J connectivity index is 1.74. The zero-order valence-corrected chi connectivity index (χ0v) is 13.5. The number of hydrogen-bond acceptors (Lipinski definition) is 4. The van der Waals surface area contributed by atoms with Gasteiger partial charge in [0.15, 0.2) is 11.5 Å². The topological polar surface area (TPSA) is 67.9 Å². The molecule has 6 nitrogen and oxygen atoms in total. The van der Waals surface area contributed by atoms with Gasteiger partial charge in [-0.15, -0.1) is 0 Å². The van der Waals surface area contributed by atoms with Gasteiger partial charge in [0.05, 0.1) is 6.42 Å². The Morgan fingerprint density at radius 2 is 2.04 bits per heavy atom. The summed E-state index contributed by atoms with van der Waals surface area (Å²) in [5.41, 5.74) is 0.868. The van der Waals surface area contributed by atoms with Crippen molar-refractivity contribution in [1.29, 1.82) is 0 Å². The first-order valence-electron chi connectivity index (χ1n) is 8.02. The molecule has 0 bridgehead atoms. The quantitative estimate of drug-likeness (QED) is 0.902. The van der Waals surface area contributed by atoms with E-state index >= 15 is 0 Å². The van der Waals surface area contributed by atoms with Gasteiger partial charge in [-0.1, -0.05) is 19.9 Å². The third-order valence-corrected chi connectivity index (χ3v) is 4.17. The highest BCUT2D eigenvalue weighted by Gasteiger charge is 2.35. The molecule has 1 atom stereocenters. The number of amides is 2. The molecule has 0 aromatic heterocycles. The van der Waals surface area contributed by atoms with Crippen molar-refractivity contribution in [2.45, 2.75) is 26.3 Å². The summed E-state index contributed by atoms with van der Waals surface area (Å²) < 4.78 is 11.0. The van der Waals surface area contributed by atoms with Gasteiger partial charge in [0.25, 0.3) is 0 Å². The maximum absolute atomic E-state index is 12.7. The second-order valence-electron chi connectivity index (χ2n) is 6.22. The zero-order chi connectivity index (χ0) is 16.4. The van der Waals surface area contributed by atoms with E-state index in [0.717, 1.165) is 5.56 Å². The molecule has 124 valence electrons. The fourth-order valence-electron chi connectivity index (χ4n) is 3.10. The van der Waals surface area contributed by atoms with Crippen molar-refractivity contribution >= 4 is 11.8 Å². The average molecular weight is 318 g/mol. The molecule has 1 saturated heterocycles. The van der Waals surface area contributed by atoms with Crippen LogP contribution < -0.4 is 14.8 Å². The molecule has 2 aliphatic heterocycles. The summed E-state index contributed by atoms with van der Waals surface area (Å²) in [7, 11) is 0. The summed E-state index contributed by atoms with van der Waals surface area (Å²) in [6.07, 6.45) is 0.257. The van der Waals surface area contributed by atoms with Gasteiger partial charge in [-0.3, -0.25) is 9.59 Å². The zero-order valence-electron chi connectivity index (χ0n) is 13.5. The third kappa shape index (κ3) is 3.25. The first-order valence-corrected chi connectivity index (χ1v) is 8.02. The Kier molecular flexibility index (Phi) is 4.41. The van der Waals surface area contributed by atoms with E-state index in [4.69, 9.17) is 9.47 Å². The highest BCUT2D eigenvalue weighted by Crippen LogP contribution is 2.31. The molecule has 6 heteroatoms. The lowest BCUT2D eigenvalue weighted by molar-refractivity contribution is -0.144. The van der Waals surface area contributed by atoms with E-state index in [2.05, 4.69) is 5.32 Å². The monoisotopic (exact) mass is 318 g/mol. The number of ether oxygens (including phenoxy) is 2. The molecule has 0 aliphatic carbocycles. The van der Waals surface area contributed by atoms with E-state index in [-0.39, 0.29) is 24.2 Å². The van der Waals surface area contributed by atoms with Crippen LogP contribution in [-0.2, 0) is 16.0 Å². The van der Waals surface area contributed by atoms with Crippen LogP contribution in [-0.4, -0.2) is 49.1 Å². The first kappa shape index (κ1) is 15.6. The van der Waals surface area contributed by atoms with Gasteiger partial charge in [0, 0.05) is 13.1 Å². The van der Waals surface area contributed by atoms with E-state index in [9.17, 15) is 9.59 Å². The van der Waals surface area contributed by atoms with Gasteiger partial charge in [0.1, 0.15) is 19.3 Å². The number of carbonyl (C=O) groups is 2. The van der Waals surface area contributed by atoms with Gasteiger partial charge in [-0.05, 0) is 23.6 Å². The van der Waals surface area contributed by atoms with E-state index < -0.39 is 6.04 Å². The van der Waals surface area contributed by atoms with Crippen LogP contribution in [0.4, 0.5) is 0 Å². The molecule has 1 aromatic rings. The number of nitrogens with zero attached hydrogens (tertiary/aromatic N) is 1. The Labute approximate surface area is 135 Å². The normalized spacial score (nSPS) is 20.4. The number of hydrogen-bond donors (Lipinski definition) is 1. The molecule has 1 fully saturated rings. The minimum absolute atomic E-state index is 0.0322. The van der Waals surface area contributed by atoms with Crippen molar-refractivity contribution in [3.63, 3.8) is 0 Å². The number of piperazine rings is 1. The summed E-state index contributed by atoms with van der Waals surface area (Å²) in [5.74, 6) is 1.37. The third-order valence-electron chi connectivity index (χ3n) is 4.17. The van der Waals surface area contributed by atoms with Crippen molar-refractivity contribution < 1.29 is 19.1 Å². The van der Waals surface area contributed by atoms with E-state index in [1.54, 1.807) is 4.90 Å². The van der Waals surface area contributed by atoms with E-state index in [1.807, 2.05) is 32.0 Å². The maximum Gasteiger partial charge on any atom is 0.243 e. The van der Waals surface area contributed by atoms with Gasteiger partial charge in [-0.25, -0.2) is 0 Å². The van der Waals surface area contributed by atoms with Gasteiger partial charge < -0.3 is 19.7 Å². The summed E-state index contributed by atoms with van der Waals surface area (Å²) in [5, 5.41) is 2.83. The molecule has 1 aromatic carbocycles. The Morgan fingerprint density at radius 1 is 1.30 bits per heavy atom. The van der Waals surface area contributed by atoms with Crippen molar-refractivity contribution in [3.8, 4) is 11.5 Å².